The SMILES string of the molecule is Cc1cccc(OC[C@@H](O)Cn2c(NCCC(C)C)nc3c2c(=O)[nH]c(=O)n3C)c1. The van der Waals surface area contributed by atoms with Gasteiger partial charge in [0.15, 0.2) is 11.2 Å². The highest BCUT2D eigenvalue weighted by atomic mass is 16.5. The predicted molar refractivity (Wildman–Crippen MR) is 116 cm³/mol. The quantitative estimate of drug-likeness (QED) is 0.489. The normalized spacial score (nSPS) is 12.5. The molecular formula is C21H29N5O4. The average molecular weight is 415 g/mol. The third-order valence-corrected chi connectivity index (χ3v) is 4.84. The van der Waals surface area contributed by atoms with Crippen LogP contribution in [0.5, 0.6) is 5.75 Å². The minimum atomic E-state index is -0.884. The van der Waals surface area contributed by atoms with E-state index in [-0.39, 0.29) is 24.3 Å². The highest BCUT2D eigenvalue weighted by Crippen LogP contribution is 2.18. The lowest BCUT2D eigenvalue weighted by Gasteiger charge is -2.16. The van der Waals surface area contributed by atoms with Gasteiger partial charge in [-0.1, -0.05) is 26.0 Å². The molecule has 0 aliphatic carbocycles. The number of anilines is 1. The zero-order valence-electron chi connectivity index (χ0n) is 17.8. The van der Waals surface area contributed by atoms with Gasteiger partial charge >= 0.3 is 5.69 Å². The van der Waals surface area contributed by atoms with E-state index in [0.29, 0.717) is 24.2 Å². The molecule has 0 bridgehead atoms. The van der Waals surface area contributed by atoms with Crippen molar-refractivity contribution in [3.63, 3.8) is 0 Å². The maximum absolute atomic E-state index is 12.5. The summed E-state index contributed by atoms with van der Waals surface area (Å²) >= 11 is 0. The number of aromatic amines is 1. The number of nitrogens with zero attached hydrogens (tertiary/aromatic N) is 3. The second kappa shape index (κ2) is 9.17. The molecule has 0 unspecified atom stereocenters. The lowest BCUT2D eigenvalue weighted by Crippen LogP contribution is -2.31. The summed E-state index contributed by atoms with van der Waals surface area (Å²) in [4.78, 5) is 31.2. The fourth-order valence-corrected chi connectivity index (χ4v) is 3.18. The lowest BCUT2D eigenvalue weighted by molar-refractivity contribution is 0.0938. The van der Waals surface area contributed by atoms with Crippen LogP contribution in [-0.4, -0.2) is 43.5 Å². The number of aryl methyl sites for hydroxylation is 2. The Kier molecular flexibility index (Phi) is 6.61. The molecule has 0 radical (unpaired) electrons. The van der Waals surface area contributed by atoms with Crippen LogP contribution in [0.2, 0.25) is 0 Å². The van der Waals surface area contributed by atoms with Crippen molar-refractivity contribution < 1.29 is 9.84 Å². The van der Waals surface area contributed by atoms with Crippen LogP contribution in [0, 0.1) is 12.8 Å². The van der Waals surface area contributed by atoms with Gasteiger partial charge in [0.25, 0.3) is 5.56 Å². The maximum atomic E-state index is 12.5. The van der Waals surface area contributed by atoms with Crippen molar-refractivity contribution in [1.29, 1.82) is 0 Å². The first-order chi connectivity index (χ1) is 14.3. The molecule has 0 fully saturated rings. The summed E-state index contributed by atoms with van der Waals surface area (Å²) < 4.78 is 8.59. The van der Waals surface area contributed by atoms with Crippen molar-refractivity contribution in [2.24, 2.45) is 13.0 Å². The molecule has 2 aromatic heterocycles. The summed E-state index contributed by atoms with van der Waals surface area (Å²) in [5.74, 6) is 1.60. The van der Waals surface area contributed by atoms with Gasteiger partial charge in [0, 0.05) is 13.6 Å². The van der Waals surface area contributed by atoms with Gasteiger partial charge in [-0.3, -0.25) is 14.3 Å². The van der Waals surface area contributed by atoms with Crippen LogP contribution in [-0.2, 0) is 13.6 Å². The number of ether oxygens (including phenoxy) is 1. The van der Waals surface area contributed by atoms with Crippen molar-refractivity contribution in [2.45, 2.75) is 39.8 Å². The molecule has 1 atom stereocenters. The number of aromatic nitrogens is 4. The third kappa shape index (κ3) is 4.91. The molecule has 162 valence electrons. The first-order valence-electron chi connectivity index (χ1n) is 10.1. The number of rotatable bonds is 9. The van der Waals surface area contributed by atoms with E-state index in [0.717, 1.165) is 12.0 Å². The Morgan fingerprint density at radius 1 is 1.30 bits per heavy atom. The minimum Gasteiger partial charge on any atom is -0.491 e. The Hall–Kier alpha value is -3.07. The molecule has 0 saturated heterocycles. The summed E-state index contributed by atoms with van der Waals surface area (Å²) in [6, 6.07) is 7.56. The van der Waals surface area contributed by atoms with Gasteiger partial charge in [0.05, 0.1) is 6.54 Å². The van der Waals surface area contributed by atoms with Crippen LogP contribution in [0.3, 0.4) is 0 Å². The van der Waals surface area contributed by atoms with E-state index in [2.05, 4.69) is 29.1 Å². The van der Waals surface area contributed by atoms with E-state index in [9.17, 15) is 14.7 Å². The number of aliphatic hydroxyl groups is 1. The largest absolute Gasteiger partial charge is 0.491 e. The summed E-state index contributed by atoms with van der Waals surface area (Å²) in [6.07, 6.45) is 0.0301. The van der Waals surface area contributed by atoms with Crippen LogP contribution in [0.15, 0.2) is 33.9 Å². The molecule has 0 amide bonds. The number of imidazole rings is 1. The second-order valence-corrected chi connectivity index (χ2v) is 7.93. The first kappa shape index (κ1) is 21.6. The molecule has 0 spiro atoms. The Morgan fingerprint density at radius 3 is 2.77 bits per heavy atom. The summed E-state index contributed by atoms with van der Waals surface area (Å²) in [5, 5.41) is 13.8. The standard InChI is InChI=1S/C21H29N5O4/c1-13(2)8-9-22-20-23-18-17(19(28)24-21(29)25(18)4)26(20)11-15(27)12-30-16-7-5-6-14(3)10-16/h5-7,10,13,15,27H,8-9,11-12H2,1-4H3,(H,22,23)(H,24,28,29)/t15-/m0/s1. The van der Waals surface area contributed by atoms with Gasteiger partial charge in [-0.05, 0) is 37.0 Å². The van der Waals surface area contributed by atoms with Crippen LogP contribution in [0.1, 0.15) is 25.8 Å². The van der Waals surface area contributed by atoms with Crippen LogP contribution in [0.25, 0.3) is 11.2 Å². The predicted octanol–water partition coefficient (Wildman–Crippen LogP) is 1.63. The molecule has 3 aromatic rings. The molecule has 30 heavy (non-hydrogen) atoms. The fraction of sp³-hybridized carbons (Fsp3) is 0.476. The molecular weight excluding hydrogens is 386 g/mol. The molecule has 1 aromatic carbocycles. The molecule has 9 nitrogen and oxygen atoms in total. The van der Waals surface area contributed by atoms with E-state index >= 15 is 0 Å². The fourth-order valence-electron chi connectivity index (χ4n) is 3.18. The second-order valence-electron chi connectivity index (χ2n) is 7.93. The van der Waals surface area contributed by atoms with Gasteiger partial charge < -0.3 is 19.7 Å². The molecule has 9 heteroatoms. The van der Waals surface area contributed by atoms with E-state index in [1.54, 1.807) is 11.6 Å². The number of H-pyrrole nitrogens is 1. The van der Waals surface area contributed by atoms with Gasteiger partial charge in [0.2, 0.25) is 5.95 Å². The molecule has 0 saturated carbocycles. The average Bonchev–Trinajstić information content (AvgIpc) is 3.03. The van der Waals surface area contributed by atoms with Crippen molar-refractivity contribution in [1.82, 2.24) is 19.1 Å². The molecule has 3 N–H and O–H groups in total. The molecule has 0 aliphatic rings. The number of aliphatic hydroxyl groups excluding tert-OH is 1. The van der Waals surface area contributed by atoms with E-state index in [4.69, 9.17) is 4.74 Å². The Labute approximate surface area is 174 Å². The number of benzene rings is 1. The van der Waals surface area contributed by atoms with E-state index in [1.807, 2.05) is 31.2 Å². The minimum absolute atomic E-state index is 0.0538. The summed E-state index contributed by atoms with van der Waals surface area (Å²) in [7, 11) is 1.55. The topological polar surface area (TPSA) is 114 Å². The van der Waals surface area contributed by atoms with Gasteiger partial charge in [0.1, 0.15) is 18.5 Å². The summed E-state index contributed by atoms with van der Waals surface area (Å²) in [6.45, 7) is 7.00. The van der Waals surface area contributed by atoms with Crippen molar-refractivity contribution in [3.8, 4) is 5.75 Å². The van der Waals surface area contributed by atoms with Crippen molar-refractivity contribution in [2.75, 3.05) is 18.5 Å². The Morgan fingerprint density at radius 2 is 2.07 bits per heavy atom. The van der Waals surface area contributed by atoms with Crippen LogP contribution >= 0.6 is 0 Å². The van der Waals surface area contributed by atoms with Gasteiger partial charge in [-0.2, -0.15) is 4.98 Å². The highest BCUT2D eigenvalue weighted by molar-refractivity contribution is 5.74. The lowest BCUT2D eigenvalue weighted by atomic mass is 10.1. The van der Waals surface area contributed by atoms with E-state index in [1.165, 1.54) is 4.57 Å². The monoisotopic (exact) mass is 415 g/mol. The molecule has 3 rings (SSSR count). The molecule has 0 aliphatic heterocycles. The highest BCUT2D eigenvalue weighted by Gasteiger charge is 2.20. The number of hydrogen-bond acceptors (Lipinski definition) is 6. The van der Waals surface area contributed by atoms with Crippen LogP contribution in [0.4, 0.5) is 5.95 Å². The smallest absolute Gasteiger partial charge is 0.329 e. The van der Waals surface area contributed by atoms with Gasteiger partial charge in [-0.25, -0.2) is 4.79 Å². The molecule has 2 heterocycles. The number of hydrogen-bond donors (Lipinski definition) is 3. The van der Waals surface area contributed by atoms with Crippen molar-refractivity contribution >= 4 is 17.1 Å². The van der Waals surface area contributed by atoms with Crippen molar-refractivity contribution in [3.05, 3.63) is 50.7 Å². The van der Waals surface area contributed by atoms with Crippen LogP contribution < -0.4 is 21.3 Å². The third-order valence-electron chi connectivity index (χ3n) is 4.84. The van der Waals surface area contributed by atoms with E-state index < -0.39 is 17.4 Å². The Balaban J connectivity index is 1.86. The summed E-state index contributed by atoms with van der Waals surface area (Å²) in [5.41, 5.74) is 0.492. The number of nitrogens with one attached hydrogen (secondary N) is 2. The zero-order valence-corrected chi connectivity index (χ0v) is 17.8. The Bertz CT molecular complexity index is 1130. The zero-order chi connectivity index (χ0) is 21.8. The van der Waals surface area contributed by atoms with Gasteiger partial charge in [-0.15, -0.1) is 0 Å². The first-order valence-corrected chi connectivity index (χ1v) is 10.1. The number of fused-ring (bicyclic) bond motifs is 1. The maximum Gasteiger partial charge on any atom is 0.329 e.